The first-order valence-electron chi connectivity index (χ1n) is 5.88. The Balaban J connectivity index is 0.00000256. The van der Waals surface area contributed by atoms with E-state index in [0.717, 1.165) is 11.1 Å². The van der Waals surface area contributed by atoms with E-state index in [4.69, 9.17) is 0 Å². The van der Waals surface area contributed by atoms with Gasteiger partial charge in [-0.3, -0.25) is 0 Å². The van der Waals surface area contributed by atoms with Gasteiger partial charge >= 0.3 is 0 Å². The summed E-state index contributed by atoms with van der Waals surface area (Å²) in [5, 5.41) is 10.4. The number of aryl methyl sites for hydroxylation is 1. The minimum absolute atomic E-state index is 0. The standard InChI is InChI=1S/C15H24O.H2O/c1-10-8-11(14(2,3)4)13(16)12(9-10)15(5,6)7;/h8-9,16H,1-7H3;1H2. The predicted molar refractivity (Wildman–Crippen MR) is 73.9 cm³/mol. The number of benzene rings is 1. The molecule has 3 N–H and O–H groups in total. The van der Waals surface area contributed by atoms with Crippen molar-refractivity contribution >= 4 is 0 Å². The predicted octanol–water partition coefficient (Wildman–Crippen LogP) is 3.47. The second-order valence-electron chi connectivity index (χ2n) is 6.71. The lowest BCUT2D eigenvalue weighted by Crippen LogP contribution is -2.17. The molecule has 98 valence electrons. The zero-order valence-corrected chi connectivity index (χ0v) is 12.1. The van der Waals surface area contributed by atoms with Crippen LogP contribution in [0.15, 0.2) is 12.1 Å². The fraction of sp³-hybridized carbons (Fsp3) is 0.600. The van der Waals surface area contributed by atoms with Crippen LogP contribution in [0.25, 0.3) is 0 Å². The van der Waals surface area contributed by atoms with E-state index < -0.39 is 0 Å². The zero-order valence-electron chi connectivity index (χ0n) is 12.1. The van der Waals surface area contributed by atoms with Crippen LogP contribution in [0, 0.1) is 6.92 Å². The highest BCUT2D eigenvalue weighted by atomic mass is 16.3. The summed E-state index contributed by atoms with van der Waals surface area (Å²) < 4.78 is 0. The third-order valence-electron chi connectivity index (χ3n) is 2.87. The molecule has 0 aliphatic rings. The molecule has 0 radical (unpaired) electrons. The molecule has 0 amide bonds. The molecule has 0 aromatic heterocycles. The van der Waals surface area contributed by atoms with E-state index in [1.165, 1.54) is 5.56 Å². The van der Waals surface area contributed by atoms with Gasteiger partial charge in [0.2, 0.25) is 0 Å². The van der Waals surface area contributed by atoms with Crippen LogP contribution in [0.2, 0.25) is 0 Å². The van der Waals surface area contributed by atoms with Crippen molar-refractivity contribution < 1.29 is 10.6 Å². The summed E-state index contributed by atoms with van der Waals surface area (Å²) in [5.41, 5.74) is 3.26. The molecule has 0 aliphatic carbocycles. The second kappa shape index (κ2) is 4.69. The molecule has 0 aliphatic heterocycles. The molecular weight excluding hydrogens is 212 g/mol. The summed E-state index contributed by atoms with van der Waals surface area (Å²) in [4.78, 5) is 0. The molecule has 0 spiro atoms. The third-order valence-corrected chi connectivity index (χ3v) is 2.87. The van der Waals surface area contributed by atoms with Crippen molar-refractivity contribution in [2.75, 3.05) is 0 Å². The van der Waals surface area contributed by atoms with Crippen molar-refractivity contribution in [2.45, 2.75) is 59.3 Å². The molecule has 2 heteroatoms. The summed E-state index contributed by atoms with van der Waals surface area (Å²) in [7, 11) is 0. The van der Waals surface area contributed by atoms with Gasteiger partial charge in [-0.05, 0) is 28.9 Å². The topological polar surface area (TPSA) is 51.7 Å². The Morgan fingerprint density at radius 3 is 1.35 bits per heavy atom. The quantitative estimate of drug-likeness (QED) is 0.739. The van der Waals surface area contributed by atoms with E-state index >= 15 is 0 Å². The van der Waals surface area contributed by atoms with Crippen molar-refractivity contribution in [3.05, 3.63) is 28.8 Å². The Morgan fingerprint density at radius 1 is 0.824 bits per heavy atom. The maximum atomic E-state index is 10.4. The first-order chi connectivity index (χ1) is 7.03. The Bertz CT molecular complexity index is 357. The molecule has 2 nitrogen and oxygen atoms in total. The fourth-order valence-electron chi connectivity index (χ4n) is 1.92. The normalized spacial score (nSPS) is 12.2. The molecule has 1 rings (SSSR count). The van der Waals surface area contributed by atoms with Gasteiger partial charge in [0.1, 0.15) is 5.75 Å². The molecule has 17 heavy (non-hydrogen) atoms. The van der Waals surface area contributed by atoms with E-state index in [2.05, 4.69) is 60.6 Å². The van der Waals surface area contributed by atoms with Crippen LogP contribution in [0.4, 0.5) is 0 Å². The van der Waals surface area contributed by atoms with Gasteiger partial charge in [-0.2, -0.15) is 0 Å². The zero-order chi connectivity index (χ0) is 12.7. The van der Waals surface area contributed by atoms with E-state index in [-0.39, 0.29) is 16.3 Å². The maximum absolute atomic E-state index is 10.4. The minimum atomic E-state index is -0.0178. The summed E-state index contributed by atoms with van der Waals surface area (Å²) in [6.07, 6.45) is 0. The van der Waals surface area contributed by atoms with Gasteiger partial charge in [-0.1, -0.05) is 59.2 Å². The summed E-state index contributed by atoms with van der Waals surface area (Å²) in [6, 6.07) is 4.18. The van der Waals surface area contributed by atoms with Gasteiger partial charge in [0.25, 0.3) is 0 Å². The minimum Gasteiger partial charge on any atom is -0.507 e. The molecule has 1 aromatic rings. The highest BCUT2D eigenvalue weighted by molar-refractivity contribution is 5.49. The van der Waals surface area contributed by atoms with E-state index in [9.17, 15) is 5.11 Å². The average Bonchev–Trinajstić information content (AvgIpc) is 2.04. The number of phenolic OH excluding ortho intramolecular Hbond substituents is 1. The molecule has 0 bridgehead atoms. The van der Waals surface area contributed by atoms with Crippen LogP contribution in [0.5, 0.6) is 5.75 Å². The number of hydrogen-bond donors (Lipinski definition) is 1. The van der Waals surface area contributed by atoms with Crippen LogP contribution < -0.4 is 0 Å². The lowest BCUT2D eigenvalue weighted by Gasteiger charge is -2.27. The van der Waals surface area contributed by atoms with Crippen LogP contribution >= 0.6 is 0 Å². The summed E-state index contributed by atoms with van der Waals surface area (Å²) >= 11 is 0. The second-order valence-corrected chi connectivity index (χ2v) is 6.71. The summed E-state index contributed by atoms with van der Waals surface area (Å²) in [5.74, 6) is 0.464. The Labute approximate surface area is 105 Å². The fourth-order valence-corrected chi connectivity index (χ4v) is 1.92. The lowest BCUT2D eigenvalue weighted by atomic mass is 9.78. The first-order valence-corrected chi connectivity index (χ1v) is 5.88. The Hall–Kier alpha value is -1.02. The van der Waals surface area contributed by atoms with Crippen molar-refractivity contribution in [1.29, 1.82) is 0 Å². The van der Waals surface area contributed by atoms with Crippen molar-refractivity contribution in [1.82, 2.24) is 0 Å². The molecule has 0 atom stereocenters. The van der Waals surface area contributed by atoms with Crippen molar-refractivity contribution in [3.8, 4) is 5.75 Å². The van der Waals surface area contributed by atoms with Gasteiger partial charge < -0.3 is 10.6 Å². The number of rotatable bonds is 0. The monoisotopic (exact) mass is 238 g/mol. The smallest absolute Gasteiger partial charge is 0.123 e. The van der Waals surface area contributed by atoms with Gasteiger partial charge in [-0.25, -0.2) is 0 Å². The van der Waals surface area contributed by atoms with Gasteiger partial charge in [-0.15, -0.1) is 0 Å². The van der Waals surface area contributed by atoms with Gasteiger partial charge in [0, 0.05) is 0 Å². The van der Waals surface area contributed by atoms with Gasteiger partial charge in [0.05, 0.1) is 0 Å². The van der Waals surface area contributed by atoms with Crippen molar-refractivity contribution in [2.24, 2.45) is 0 Å². The molecule has 0 saturated carbocycles. The van der Waals surface area contributed by atoms with Crippen molar-refractivity contribution in [3.63, 3.8) is 0 Å². The first kappa shape index (κ1) is 16.0. The molecule has 1 aromatic carbocycles. The molecule has 0 saturated heterocycles. The molecular formula is C15H26O2. The third kappa shape index (κ3) is 3.47. The van der Waals surface area contributed by atoms with Crippen LogP contribution in [0.3, 0.4) is 0 Å². The highest BCUT2D eigenvalue weighted by Gasteiger charge is 2.25. The Morgan fingerprint density at radius 2 is 1.12 bits per heavy atom. The summed E-state index contributed by atoms with van der Waals surface area (Å²) in [6.45, 7) is 14.9. The highest BCUT2D eigenvalue weighted by Crippen LogP contribution is 2.39. The lowest BCUT2D eigenvalue weighted by molar-refractivity contribution is 0.423. The van der Waals surface area contributed by atoms with E-state index in [1.54, 1.807) is 0 Å². The van der Waals surface area contributed by atoms with E-state index in [0.29, 0.717) is 5.75 Å². The molecule has 0 unspecified atom stereocenters. The maximum Gasteiger partial charge on any atom is 0.123 e. The molecule has 0 fully saturated rings. The Kier molecular flexibility index (Phi) is 4.41. The molecule has 0 heterocycles. The number of phenols is 1. The average molecular weight is 238 g/mol. The SMILES string of the molecule is Cc1cc(C(C)(C)C)c(O)c(C(C)(C)C)c1.O. The van der Waals surface area contributed by atoms with E-state index in [1.807, 2.05) is 0 Å². The largest absolute Gasteiger partial charge is 0.507 e. The van der Waals surface area contributed by atoms with Crippen LogP contribution in [-0.2, 0) is 10.8 Å². The number of aromatic hydroxyl groups is 1. The van der Waals surface area contributed by atoms with Crippen LogP contribution in [0.1, 0.15) is 58.2 Å². The number of hydrogen-bond acceptors (Lipinski definition) is 1. The van der Waals surface area contributed by atoms with Gasteiger partial charge in [0.15, 0.2) is 0 Å². The van der Waals surface area contributed by atoms with Crippen LogP contribution in [-0.4, -0.2) is 10.6 Å².